The molecule has 1 aliphatic rings. The SMILES string of the molecule is CC(C)(C)c1ccc(S(=O)(=O)N(C[C@H](O)[C@@H](N)c2ccc(OC(F)(F)F)cc2)C2CCC2)cc1. The van der Waals surface area contributed by atoms with Crippen LogP contribution in [0.1, 0.15) is 57.2 Å². The van der Waals surface area contributed by atoms with Crippen LogP contribution in [0.25, 0.3) is 0 Å². The molecule has 0 aliphatic heterocycles. The lowest BCUT2D eigenvalue weighted by Gasteiger charge is -2.38. The summed E-state index contributed by atoms with van der Waals surface area (Å²) in [6.07, 6.45) is -3.82. The molecule has 10 heteroatoms. The molecule has 0 unspecified atom stereocenters. The molecule has 1 saturated carbocycles. The number of benzene rings is 2. The van der Waals surface area contributed by atoms with Crippen molar-refractivity contribution in [3.63, 3.8) is 0 Å². The highest BCUT2D eigenvalue weighted by molar-refractivity contribution is 7.89. The van der Waals surface area contributed by atoms with Crippen LogP contribution in [0.5, 0.6) is 5.75 Å². The molecule has 0 saturated heterocycles. The van der Waals surface area contributed by atoms with Gasteiger partial charge in [0.05, 0.1) is 17.0 Å². The molecule has 2 atom stereocenters. The maximum Gasteiger partial charge on any atom is 0.573 e. The van der Waals surface area contributed by atoms with Crippen LogP contribution >= 0.6 is 0 Å². The number of nitrogens with zero attached hydrogens (tertiary/aromatic N) is 1. The highest BCUT2D eigenvalue weighted by Crippen LogP contribution is 2.32. The van der Waals surface area contributed by atoms with Crippen molar-refractivity contribution in [3.8, 4) is 5.75 Å². The minimum absolute atomic E-state index is 0.125. The Labute approximate surface area is 198 Å². The Hall–Kier alpha value is -2.14. The third-order valence-corrected chi connectivity index (χ3v) is 8.02. The summed E-state index contributed by atoms with van der Waals surface area (Å²) < 4.78 is 69.2. The maximum atomic E-state index is 13.5. The van der Waals surface area contributed by atoms with Gasteiger partial charge in [-0.25, -0.2) is 8.42 Å². The summed E-state index contributed by atoms with van der Waals surface area (Å²) in [6, 6.07) is 10.3. The van der Waals surface area contributed by atoms with E-state index < -0.39 is 34.3 Å². The van der Waals surface area contributed by atoms with E-state index in [4.69, 9.17) is 5.73 Å². The summed E-state index contributed by atoms with van der Waals surface area (Å²) in [5.41, 5.74) is 7.38. The minimum atomic E-state index is -4.81. The van der Waals surface area contributed by atoms with E-state index in [2.05, 4.69) is 4.74 Å². The van der Waals surface area contributed by atoms with Gasteiger partial charge in [0.25, 0.3) is 0 Å². The van der Waals surface area contributed by atoms with Gasteiger partial charge in [-0.1, -0.05) is 51.5 Å². The zero-order chi connectivity index (χ0) is 25.3. The van der Waals surface area contributed by atoms with E-state index in [0.29, 0.717) is 18.4 Å². The third kappa shape index (κ3) is 6.29. The molecule has 6 nitrogen and oxygen atoms in total. The third-order valence-electron chi connectivity index (χ3n) is 6.09. The lowest BCUT2D eigenvalue weighted by molar-refractivity contribution is -0.274. The maximum absolute atomic E-state index is 13.5. The first kappa shape index (κ1) is 26.5. The number of aliphatic hydroxyl groups is 1. The Kier molecular flexibility index (Phi) is 7.66. The van der Waals surface area contributed by atoms with Gasteiger partial charge in [-0.15, -0.1) is 13.2 Å². The Balaban J connectivity index is 1.78. The first-order chi connectivity index (χ1) is 15.7. The molecule has 0 heterocycles. The van der Waals surface area contributed by atoms with E-state index in [1.54, 1.807) is 24.3 Å². The number of nitrogens with two attached hydrogens (primary N) is 1. The van der Waals surface area contributed by atoms with Crippen LogP contribution < -0.4 is 10.5 Å². The Morgan fingerprint density at radius 2 is 1.62 bits per heavy atom. The van der Waals surface area contributed by atoms with Crippen molar-refractivity contribution < 1.29 is 31.4 Å². The van der Waals surface area contributed by atoms with Gasteiger partial charge in [0.15, 0.2) is 0 Å². The van der Waals surface area contributed by atoms with Gasteiger partial charge in [0.2, 0.25) is 10.0 Å². The molecule has 0 spiro atoms. The van der Waals surface area contributed by atoms with Crippen LogP contribution in [0.3, 0.4) is 0 Å². The average Bonchev–Trinajstić information content (AvgIpc) is 2.70. The molecule has 188 valence electrons. The van der Waals surface area contributed by atoms with Gasteiger partial charge in [-0.2, -0.15) is 4.31 Å². The largest absolute Gasteiger partial charge is 0.573 e. The van der Waals surface area contributed by atoms with Crippen molar-refractivity contribution >= 4 is 10.0 Å². The standard InChI is InChI=1S/C24H31F3N2O4S/c1-23(2,3)17-9-13-20(14-10-17)34(31,32)29(18-5-4-6-18)15-21(30)22(28)16-7-11-19(12-8-16)33-24(25,26)27/h7-14,18,21-22,30H,4-6,15,28H2,1-3H3/t21-,22-/m0/s1. The molecule has 2 aromatic carbocycles. The lowest BCUT2D eigenvalue weighted by atomic mass is 9.87. The number of sulfonamides is 1. The van der Waals surface area contributed by atoms with Crippen molar-refractivity contribution in [3.05, 3.63) is 59.7 Å². The first-order valence-electron chi connectivity index (χ1n) is 11.1. The van der Waals surface area contributed by atoms with Crippen LogP contribution in [-0.2, 0) is 15.4 Å². The second-order valence-corrected chi connectivity index (χ2v) is 11.5. The summed E-state index contributed by atoms with van der Waals surface area (Å²) >= 11 is 0. The van der Waals surface area contributed by atoms with Crippen molar-refractivity contribution in [2.45, 2.75) is 74.9 Å². The smallest absolute Gasteiger partial charge is 0.406 e. The van der Waals surface area contributed by atoms with Crippen molar-refractivity contribution in [2.75, 3.05) is 6.54 Å². The van der Waals surface area contributed by atoms with E-state index in [9.17, 15) is 26.7 Å². The van der Waals surface area contributed by atoms with Gasteiger partial charge in [-0.05, 0) is 53.6 Å². The van der Waals surface area contributed by atoms with E-state index in [1.807, 2.05) is 20.8 Å². The highest BCUT2D eigenvalue weighted by Gasteiger charge is 2.37. The number of alkyl halides is 3. The van der Waals surface area contributed by atoms with Gasteiger partial charge in [0.1, 0.15) is 5.75 Å². The second kappa shape index (κ2) is 9.85. The van der Waals surface area contributed by atoms with Crippen LogP contribution in [0.15, 0.2) is 53.4 Å². The quantitative estimate of drug-likeness (QED) is 0.557. The Bertz CT molecular complexity index is 1060. The van der Waals surface area contributed by atoms with E-state index >= 15 is 0 Å². The molecular formula is C24H31F3N2O4S. The molecule has 0 bridgehead atoms. The van der Waals surface area contributed by atoms with E-state index in [1.165, 1.54) is 16.4 Å². The van der Waals surface area contributed by atoms with Crippen molar-refractivity contribution in [2.24, 2.45) is 5.73 Å². The Morgan fingerprint density at radius 1 is 1.06 bits per heavy atom. The van der Waals surface area contributed by atoms with E-state index in [0.717, 1.165) is 24.1 Å². The van der Waals surface area contributed by atoms with Crippen LogP contribution in [-0.4, -0.2) is 42.9 Å². The fourth-order valence-electron chi connectivity index (χ4n) is 3.79. The number of hydrogen-bond acceptors (Lipinski definition) is 5. The summed E-state index contributed by atoms with van der Waals surface area (Å²) in [5.74, 6) is -0.407. The molecule has 0 radical (unpaired) electrons. The van der Waals surface area contributed by atoms with Crippen LogP contribution in [0.4, 0.5) is 13.2 Å². The van der Waals surface area contributed by atoms with Crippen LogP contribution in [0, 0.1) is 0 Å². The minimum Gasteiger partial charge on any atom is -0.406 e. The summed E-state index contributed by atoms with van der Waals surface area (Å²) in [4.78, 5) is 0.141. The second-order valence-electron chi connectivity index (χ2n) is 9.64. The molecule has 0 aromatic heterocycles. The topological polar surface area (TPSA) is 92.9 Å². The molecule has 0 amide bonds. The molecule has 3 N–H and O–H groups in total. The molecule has 2 aromatic rings. The first-order valence-corrected chi connectivity index (χ1v) is 12.5. The lowest BCUT2D eigenvalue weighted by Crippen LogP contribution is -2.49. The molecular weight excluding hydrogens is 469 g/mol. The highest BCUT2D eigenvalue weighted by atomic mass is 32.2. The summed E-state index contributed by atoms with van der Waals surface area (Å²) in [7, 11) is -3.89. The van der Waals surface area contributed by atoms with Crippen molar-refractivity contribution in [1.82, 2.24) is 4.31 Å². The van der Waals surface area contributed by atoms with Gasteiger partial charge >= 0.3 is 6.36 Å². The number of hydrogen-bond donors (Lipinski definition) is 2. The average molecular weight is 501 g/mol. The number of halogens is 3. The summed E-state index contributed by atoms with van der Waals surface area (Å²) in [5, 5.41) is 10.8. The van der Waals surface area contributed by atoms with E-state index in [-0.39, 0.29) is 22.9 Å². The summed E-state index contributed by atoms with van der Waals surface area (Å²) in [6.45, 7) is 5.89. The number of rotatable bonds is 8. The van der Waals surface area contributed by atoms with Gasteiger partial charge < -0.3 is 15.6 Å². The van der Waals surface area contributed by atoms with Crippen molar-refractivity contribution in [1.29, 1.82) is 0 Å². The monoisotopic (exact) mass is 500 g/mol. The fourth-order valence-corrected chi connectivity index (χ4v) is 5.50. The normalized spacial score (nSPS) is 17.3. The predicted octanol–water partition coefficient (Wildman–Crippen LogP) is 4.49. The van der Waals surface area contributed by atoms with Gasteiger partial charge in [0, 0.05) is 12.6 Å². The number of aliphatic hydroxyl groups excluding tert-OH is 1. The zero-order valence-electron chi connectivity index (χ0n) is 19.4. The van der Waals surface area contributed by atoms with Crippen LogP contribution in [0.2, 0.25) is 0 Å². The van der Waals surface area contributed by atoms with Gasteiger partial charge in [-0.3, -0.25) is 0 Å². The number of ether oxygens (including phenoxy) is 1. The zero-order valence-corrected chi connectivity index (χ0v) is 20.2. The fraction of sp³-hybridized carbons (Fsp3) is 0.500. The molecule has 3 rings (SSSR count). The Morgan fingerprint density at radius 3 is 2.06 bits per heavy atom. The molecule has 1 fully saturated rings. The molecule has 1 aliphatic carbocycles. The predicted molar refractivity (Wildman–Crippen MR) is 123 cm³/mol. The molecule has 34 heavy (non-hydrogen) atoms.